The van der Waals surface area contributed by atoms with Crippen molar-refractivity contribution in [1.29, 1.82) is 0 Å². The van der Waals surface area contributed by atoms with Crippen LogP contribution in [0.15, 0.2) is 0 Å². The summed E-state index contributed by atoms with van der Waals surface area (Å²) >= 11 is 8.89. The minimum Gasteiger partial charge on any atom is -0.490 e. The van der Waals surface area contributed by atoms with Crippen LogP contribution in [0.3, 0.4) is 0 Å². The van der Waals surface area contributed by atoms with Crippen molar-refractivity contribution in [2.45, 2.75) is 19.3 Å². The highest BCUT2D eigenvalue weighted by atomic mass is 32.1. The molecule has 0 rings (SSSR count). The van der Waals surface area contributed by atoms with Gasteiger partial charge in [-0.1, -0.05) is 0 Å². The van der Waals surface area contributed by atoms with Gasteiger partial charge in [-0.25, -0.2) is 0 Å². The van der Waals surface area contributed by atoms with Gasteiger partial charge in [0.25, 0.3) is 0 Å². The summed E-state index contributed by atoms with van der Waals surface area (Å²) in [5.74, 6) is 0.937. The van der Waals surface area contributed by atoms with E-state index in [4.69, 9.17) is 17.0 Å². The average molecular weight is 164 g/mol. The van der Waals surface area contributed by atoms with Gasteiger partial charge in [0.1, 0.15) is 0 Å². The molecule has 0 aliphatic rings. The molecular weight excluding hydrogens is 152 g/mol. The van der Waals surface area contributed by atoms with Gasteiger partial charge in [0.2, 0.25) is 0 Å². The lowest BCUT2D eigenvalue weighted by molar-refractivity contribution is 0.400. The van der Waals surface area contributed by atoms with Crippen molar-refractivity contribution in [3.63, 3.8) is 0 Å². The van der Waals surface area contributed by atoms with E-state index in [1.807, 2.05) is 0 Å². The number of hydrogen-bond acceptors (Lipinski definition) is 3. The van der Waals surface area contributed by atoms with Crippen molar-refractivity contribution in [2.24, 2.45) is 0 Å². The molecule has 0 aromatic carbocycles. The molecule has 0 aliphatic carbocycles. The van der Waals surface area contributed by atoms with E-state index in [1.54, 1.807) is 7.11 Å². The van der Waals surface area contributed by atoms with Gasteiger partial charge in [0.15, 0.2) is 5.05 Å². The molecule has 0 heterocycles. The zero-order valence-electron chi connectivity index (χ0n) is 5.59. The zero-order chi connectivity index (χ0) is 7.11. The van der Waals surface area contributed by atoms with Gasteiger partial charge >= 0.3 is 0 Å². The Morgan fingerprint density at radius 1 is 1.56 bits per heavy atom. The van der Waals surface area contributed by atoms with Crippen LogP contribution >= 0.6 is 24.8 Å². The molecule has 54 valence electrons. The molecule has 0 bridgehead atoms. The highest BCUT2D eigenvalue weighted by Gasteiger charge is 1.92. The number of ether oxygens (including phenoxy) is 1. The maximum absolute atomic E-state index is 4.82. The molecular formula is C6H12OS2. The van der Waals surface area contributed by atoms with E-state index >= 15 is 0 Å². The van der Waals surface area contributed by atoms with E-state index in [9.17, 15) is 0 Å². The van der Waals surface area contributed by atoms with E-state index in [0.717, 1.165) is 25.0 Å². The highest BCUT2D eigenvalue weighted by Crippen LogP contribution is 1.99. The second kappa shape index (κ2) is 6.36. The lowest BCUT2D eigenvalue weighted by Crippen LogP contribution is -1.96. The molecule has 0 unspecified atom stereocenters. The number of thiocarbonyl (C=S) groups is 1. The third kappa shape index (κ3) is 6.12. The Bertz CT molecular complexity index is 83.1. The quantitative estimate of drug-likeness (QED) is 0.387. The van der Waals surface area contributed by atoms with Gasteiger partial charge in [-0.3, -0.25) is 0 Å². The van der Waals surface area contributed by atoms with Gasteiger partial charge in [0.05, 0.1) is 7.11 Å². The highest BCUT2D eigenvalue weighted by molar-refractivity contribution is 7.80. The third-order valence-corrected chi connectivity index (χ3v) is 1.70. The van der Waals surface area contributed by atoms with Gasteiger partial charge in [-0.2, -0.15) is 12.6 Å². The Kier molecular flexibility index (Phi) is 6.53. The minimum atomic E-state index is 0.705. The first kappa shape index (κ1) is 9.24. The summed E-state index contributed by atoms with van der Waals surface area (Å²) in [6.07, 6.45) is 3.11. The molecule has 0 aromatic rings. The van der Waals surface area contributed by atoms with Gasteiger partial charge in [-0.05, 0) is 30.8 Å². The van der Waals surface area contributed by atoms with E-state index in [2.05, 4.69) is 12.6 Å². The summed E-state index contributed by atoms with van der Waals surface area (Å²) in [5.41, 5.74) is 0. The van der Waals surface area contributed by atoms with Crippen LogP contribution in [0.25, 0.3) is 0 Å². The predicted octanol–water partition coefficient (Wildman–Crippen LogP) is 2.06. The zero-order valence-corrected chi connectivity index (χ0v) is 7.30. The largest absolute Gasteiger partial charge is 0.490 e. The molecule has 0 atom stereocenters. The minimum absolute atomic E-state index is 0.705. The van der Waals surface area contributed by atoms with E-state index in [0.29, 0.717) is 5.05 Å². The summed E-state index contributed by atoms with van der Waals surface area (Å²) in [4.78, 5) is 0. The van der Waals surface area contributed by atoms with Crippen molar-refractivity contribution < 1.29 is 4.74 Å². The summed E-state index contributed by atoms with van der Waals surface area (Å²) in [7, 11) is 1.61. The molecule has 0 radical (unpaired) electrons. The van der Waals surface area contributed by atoms with Crippen LogP contribution in [0.4, 0.5) is 0 Å². The van der Waals surface area contributed by atoms with Crippen LogP contribution in [0.5, 0.6) is 0 Å². The Morgan fingerprint density at radius 2 is 2.22 bits per heavy atom. The molecule has 0 saturated heterocycles. The van der Waals surface area contributed by atoms with Crippen molar-refractivity contribution in [1.82, 2.24) is 0 Å². The maximum atomic E-state index is 4.82. The fourth-order valence-corrected chi connectivity index (χ4v) is 0.851. The van der Waals surface area contributed by atoms with Crippen LogP contribution in [0, 0.1) is 0 Å². The molecule has 0 aromatic heterocycles. The summed E-state index contributed by atoms with van der Waals surface area (Å²) in [5, 5.41) is 0.705. The molecule has 0 fully saturated rings. The molecule has 3 heteroatoms. The standard InChI is InChI=1S/C6H12OS2/c1-7-6(9)4-2-3-5-8/h8H,2-5H2,1H3. The van der Waals surface area contributed by atoms with Crippen LogP contribution in [0.1, 0.15) is 19.3 Å². The first-order valence-corrected chi connectivity index (χ1v) is 4.03. The van der Waals surface area contributed by atoms with Crippen LogP contribution in [0.2, 0.25) is 0 Å². The lowest BCUT2D eigenvalue weighted by atomic mass is 10.3. The number of rotatable bonds is 4. The molecule has 0 saturated carbocycles. The van der Waals surface area contributed by atoms with Crippen molar-refractivity contribution >= 4 is 29.9 Å². The van der Waals surface area contributed by atoms with Gasteiger partial charge < -0.3 is 4.74 Å². The Morgan fingerprint density at radius 3 is 2.67 bits per heavy atom. The summed E-state index contributed by atoms with van der Waals surface area (Å²) in [6, 6.07) is 0. The number of unbranched alkanes of at least 4 members (excludes halogenated alkanes) is 1. The molecule has 0 amide bonds. The fraction of sp³-hybridized carbons (Fsp3) is 0.833. The molecule has 0 N–H and O–H groups in total. The Hall–Kier alpha value is 0.240. The maximum Gasteiger partial charge on any atom is 0.159 e. The van der Waals surface area contributed by atoms with Crippen molar-refractivity contribution in [2.75, 3.05) is 12.9 Å². The Balaban J connectivity index is 2.97. The fourth-order valence-electron chi connectivity index (χ4n) is 0.483. The second-order valence-corrected chi connectivity index (χ2v) is 2.66. The monoisotopic (exact) mass is 164 g/mol. The Labute approximate surface area is 67.2 Å². The van der Waals surface area contributed by atoms with Crippen molar-refractivity contribution in [3.05, 3.63) is 0 Å². The lowest BCUT2D eigenvalue weighted by Gasteiger charge is -1.98. The normalized spacial score (nSPS) is 9.11. The summed E-state index contributed by atoms with van der Waals surface area (Å²) < 4.78 is 4.80. The molecule has 9 heavy (non-hydrogen) atoms. The number of thiol groups is 1. The smallest absolute Gasteiger partial charge is 0.159 e. The summed E-state index contributed by atoms with van der Waals surface area (Å²) in [6.45, 7) is 0. The third-order valence-electron chi connectivity index (χ3n) is 1.02. The van der Waals surface area contributed by atoms with Crippen LogP contribution in [-0.4, -0.2) is 17.9 Å². The van der Waals surface area contributed by atoms with Crippen LogP contribution < -0.4 is 0 Å². The van der Waals surface area contributed by atoms with E-state index in [-0.39, 0.29) is 0 Å². The molecule has 1 nitrogen and oxygen atoms in total. The van der Waals surface area contributed by atoms with E-state index in [1.165, 1.54) is 0 Å². The van der Waals surface area contributed by atoms with Gasteiger partial charge in [0, 0.05) is 6.42 Å². The second-order valence-electron chi connectivity index (χ2n) is 1.76. The van der Waals surface area contributed by atoms with Crippen molar-refractivity contribution in [3.8, 4) is 0 Å². The average Bonchev–Trinajstić information content (AvgIpc) is 1.89. The topological polar surface area (TPSA) is 9.23 Å². The molecule has 0 spiro atoms. The number of methoxy groups -OCH3 is 1. The number of hydrogen-bond donors (Lipinski definition) is 1. The predicted molar refractivity (Wildman–Crippen MR) is 47.3 cm³/mol. The molecule has 0 aliphatic heterocycles. The first-order chi connectivity index (χ1) is 4.31. The first-order valence-electron chi connectivity index (χ1n) is 2.99. The SMILES string of the molecule is COC(=S)CCCCS. The van der Waals surface area contributed by atoms with Crippen LogP contribution in [-0.2, 0) is 4.74 Å². The van der Waals surface area contributed by atoms with Gasteiger partial charge in [-0.15, -0.1) is 0 Å². The van der Waals surface area contributed by atoms with E-state index < -0.39 is 0 Å².